The second-order valence-electron chi connectivity index (χ2n) is 4.90. The highest BCUT2D eigenvalue weighted by atomic mass is 16.5. The number of hydrogen-bond acceptors (Lipinski definition) is 3. The van der Waals surface area contributed by atoms with Gasteiger partial charge in [-0.1, -0.05) is 19.3 Å². The summed E-state index contributed by atoms with van der Waals surface area (Å²) in [6.07, 6.45) is 8.92. The number of ether oxygens (including phenoxy) is 2. The largest absolute Gasteiger partial charge is 0.385 e. The summed E-state index contributed by atoms with van der Waals surface area (Å²) in [5.74, 6) is 0.677. The SMILES string of the molecule is COCCCC(N)C(OC)C1CCCCC1. The predicted molar refractivity (Wildman–Crippen MR) is 66.5 cm³/mol. The molecule has 1 rings (SSSR count). The first-order valence-electron chi connectivity index (χ1n) is 6.57. The zero-order valence-corrected chi connectivity index (χ0v) is 10.8. The van der Waals surface area contributed by atoms with Crippen LogP contribution in [0.4, 0.5) is 0 Å². The smallest absolute Gasteiger partial charge is 0.0750 e. The maximum absolute atomic E-state index is 6.22. The Labute approximate surface area is 99.7 Å². The van der Waals surface area contributed by atoms with Crippen LogP contribution in [0.2, 0.25) is 0 Å². The van der Waals surface area contributed by atoms with E-state index in [9.17, 15) is 0 Å². The number of methoxy groups -OCH3 is 2. The summed E-state index contributed by atoms with van der Waals surface area (Å²) in [5, 5.41) is 0. The van der Waals surface area contributed by atoms with E-state index in [1.807, 2.05) is 0 Å². The van der Waals surface area contributed by atoms with E-state index in [0.29, 0.717) is 5.92 Å². The molecule has 96 valence electrons. The molecule has 0 bridgehead atoms. The molecule has 1 fully saturated rings. The summed E-state index contributed by atoms with van der Waals surface area (Å²) in [6.45, 7) is 0.800. The molecule has 0 aromatic rings. The van der Waals surface area contributed by atoms with Gasteiger partial charge in [0.05, 0.1) is 6.10 Å². The summed E-state index contributed by atoms with van der Waals surface area (Å²) in [7, 11) is 3.54. The summed E-state index contributed by atoms with van der Waals surface area (Å²) in [4.78, 5) is 0. The van der Waals surface area contributed by atoms with Crippen molar-refractivity contribution in [3.63, 3.8) is 0 Å². The molecular weight excluding hydrogens is 202 g/mol. The standard InChI is InChI=1S/C13H27NO2/c1-15-10-6-9-12(14)13(16-2)11-7-4-3-5-8-11/h11-13H,3-10,14H2,1-2H3. The van der Waals surface area contributed by atoms with Crippen molar-refractivity contribution in [1.29, 1.82) is 0 Å². The lowest BCUT2D eigenvalue weighted by atomic mass is 9.82. The molecule has 0 amide bonds. The van der Waals surface area contributed by atoms with Crippen LogP contribution in [0, 0.1) is 5.92 Å². The van der Waals surface area contributed by atoms with Gasteiger partial charge in [0.25, 0.3) is 0 Å². The van der Waals surface area contributed by atoms with Crippen LogP contribution in [-0.4, -0.2) is 33.0 Å². The first-order valence-corrected chi connectivity index (χ1v) is 6.57. The van der Waals surface area contributed by atoms with Crippen molar-refractivity contribution in [1.82, 2.24) is 0 Å². The Bertz CT molecular complexity index is 169. The maximum atomic E-state index is 6.22. The Morgan fingerprint density at radius 3 is 2.44 bits per heavy atom. The minimum Gasteiger partial charge on any atom is -0.385 e. The lowest BCUT2D eigenvalue weighted by Crippen LogP contribution is -2.42. The van der Waals surface area contributed by atoms with Crippen molar-refractivity contribution in [2.45, 2.75) is 57.1 Å². The molecule has 0 aromatic carbocycles. The van der Waals surface area contributed by atoms with Gasteiger partial charge in [-0.3, -0.25) is 0 Å². The zero-order valence-electron chi connectivity index (χ0n) is 10.8. The molecule has 2 N–H and O–H groups in total. The van der Waals surface area contributed by atoms with E-state index in [2.05, 4.69) is 0 Å². The zero-order chi connectivity index (χ0) is 11.8. The molecule has 1 aliphatic carbocycles. The summed E-state index contributed by atoms with van der Waals surface area (Å²) in [5.41, 5.74) is 6.22. The highest BCUT2D eigenvalue weighted by Crippen LogP contribution is 2.29. The van der Waals surface area contributed by atoms with Crippen LogP contribution in [0.3, 0.4) is 0 Å². The molecular formula is C13H27NO2. The monoisotopic (exact) mass is 229 g/mol. The molecule has 0 saturated heterocycles. The van der Waals surface area contributed by atoms with E-state index in [-0.39, 0.29) is 12.1 Å². The third-order valence-electron chi connectivity index (χ3n) is 3.69. The molecule has 2 atom stereocenters. The van der Waals surface area contributed by atoms with Gasteiger partial charge in [-0.2, -0.15) is 0 Å². The number of nitrogens with two attached hydrogens (primary N) is 1. The molecule has 0 heterocycles. The number of rotatable bonds is 7. The van der Waals surface area contributed by atoms with Gasteiger partial charge in [0.2, 0.25) is 0 Å². The molecule has 3 nitrogen and oxygen atoms in total. The van der Waals surface area contributed by atoms with Gasteiger partial charge in [0.15, 0.2) is 0 Å². The first kappa shape index (κ1) is 13.9. The predicted octanol–water partition coefficient (Wildman–Crippen LogP) is 2.34. The highest BCUT2D eigenvalue weighted by Gasteiger charge is 2.28. The van der Waals surface area contributed by atoms with E-state index in [4.69, 9.17) is 15.2 Å². The van der Waals surface area contributed by atoms with Crippen molar-refractivity contribution >= 4 is 0 Å². The Kier molecular flexibility index (Phi) is 7.01. The third-order valence-corrected chi connectivity index (χ3v) is 3.69. The van der Waals surface area contributed by atoms with Crippen molar-refractivity contribution in [2.24, 2.45) is 11.7 Å². The van der Waals surface area contributed by atoms with E-state index in [0.717, 1.165) is 19.4 Å². The first-order chi connectivity index (χ1) is 7.79. The minimum absolute atomic E-state index is 0.170. The fourth-order valence-electron chi connectivity index (χ4n) is 2.81. The average molecular weight is 229 g/mol. The summed E-state index contributed by atoms with van der Waals surface area (Å²) in [6, 6.07) is 0.170. The molecule has 0 radical (unpaired) electrons. The third kappa shape index (κ3) is 4.40. The van der Waals surface area contributed by atoms with Crippen molar-refractivity contribution in [3.8, 4) is 0 Å². The fourth-order valence-corrected chi connectivity index (χ4v) is 2.81. The minimum atomic E-state index is 0.170. The average Bonchev–Trinajstić information content (AvgIpc) is 2.32. The van der Waals surface area contributed by atoms with Gasteiger partial charge >= 0.3 is 0 Å². The van der Waals surface area contributed by atoms with Crippen LogP contribution >= 0.6 is 0 Å². The van der Waals surface area contributed by atoms with Gasteiger partial charge in [-0.15, -0.1) is 0 Å². The molecule has 1 aliphatic rings. The van der Waals surface area contributed by atoms with Crippen LogP contribution in [0.1, 0.15) is 44.9 Å². The van der Waals surface area contributed by atoms with Gasteiger partial charge in [0.1, 0.15) is 0 Å². The van der Waals surface area contributed by atoms with E-state index in [1.54, 1.807) is 14.2 Å². The summed E-state index contributed by atoms with van der Waals surface area (Å²) >= 11 is 0. The van der Waals surface area contributed by atoms with Crippen molar-refractivity contribution in [3.05, 3.63) is 0 Å². The Hall–Kier alpha value is -0.120. The summed E-state index contributed by atoms with van der Waals surface area (Å²) < 4.78 is 10.7. The normalized spacial score (nSPS) is 21.9. The molecule has 0 aromatic heterocycles. The molecule has 1 saturated carbocycles. The van der Waals surface area contributed by atoms with Crippen molar-refractivity contribution in [2.75, 3.05) is 20.8 Å². The Morgan fingerprint density at radius 2 is 1.88 bits per heavy atom. The second-order valence-corrected chi connectivity index (χ2v) is 4.90. The molecule has 16 heavy (non-hydrogen) atoms. The fraction of sp³-hybridized carbons (Fsp3) is 1.00. The second kappa shape index (κ2) is 8.04. The topological polar surface area (TPSA) is 44.5 Å². The van der Waals surface area contributed by atoms with Gasteiger partial charge in [-0.25, -0.2) is 0 Å². The van der Waals surface area contributed by atoms with Crippen LogP contribution in [0.15, 0.2) is 0 Å². The molecule has 2 unspecified atom stereocenters. The quantitative estimate of drug-likeness (QED) is 0.681. The molecule has 0 spiro atoms. The van der Waals surface area contributed by atoms with Crippen LogP contribution < -0.4 is 5.73 Å². The van der Waals surface area contributed by atoms with Crippen LogP contribution in [-0.2, 0) is 9.47 Å². The van der Waals surface area contributed by atoms with Gasteiger partial charge < -0.3 is 15.2 Å². The highest BCUT2D eigenvalue weighted by molar-refractivity contribution is 4.82. The van der Waals surface area contributed by atoms with Gasteiger partial charge in [0, 0.05) is 26.9 Å². The van der Waals surface area contributed by atoms with Crippen LogP contribution in [0.5, 0.6) is 0 Å². The van der Waals surface area contributed by atoms with Gasteiger partial charge in [-0.05, 0) is 31.6 Å². The van der Waals surface area contributed by atoms with E-state index >= 15 is 0 Å². The van der Waals surface area contributed by atoms with E-state index in [1.165, 1.54) is 32.1 Å². The lowest BCUT2D eigenvalue weighted by Gasteiger charge is -2.33. The van der Waals surface area contributed by atoms with Crippen LogP contribution in [0.25, 0.3) is 0 Å². The molecule has 3 heteroatoms. The Morgan fingerprint density at radius 1 is 1.19 bits per heavy atom. The van der Waals surface area contributed by atoms with E-state index < -0.39 is 0 Å². The maximum Gasteiger partial charge on any atom is 0.0750 e. The molecule has 0 aliphatic heterocycles. The Balaban J connectivity index is 2.32. The lowest BCUT2D eigenvalue weighted by molar-refractivity contribution is 0.0140. The van der Waals surface area contributed by atoms with Crippen molar-refractivity contribution < 1.29 is 9.47 Å². The number of hydrogen-bond donors (Lipinski definition) is 1.